The molecule has 0 spiro atoms. The van der Waals surface area contributed by atoms with Gasteiger partial charge in [-0.1, -0.05) is 35.1 Å². The molecule has 23 heavy (non-hydrogen) atoms. The van der Waals surface area contributed by atoms with Gasteiger partial charge in [-0.3, -0.25) is 9.63 Å². The van der Waals surface area contributed by atoms with E-state index >= 15 is 0 Å². The minimum atomic E-state index is -1.78. The molecule has 4 N–H and O–H groups in total. The first-order valence-corrected chi connectivity index (χ1v) is 6.44. The van der Waals surface area contributed by atoms with E-state index in [0.29, 0.717) is 0 Å². The Kier molecular flexibility index (Phi) is 5.18. The molecule has 1 aromatic carbocycles. The second-order valence-corrected chi connectivity index (χ2v) is 4.35. The first-order chi connectivity index (χ1) is 11.0. The molecule has 0 aliphatic rings. The summed E-state index contributed by atoms with van der Waals surface area (Å²) in [7, 11) is 0. The first kappa shape index (κ1) is 16.3. The van der Waals surface area contributed by atoms with E-state index in [1.807, 2.05) is 18.2 Å². The Morgan fingerprint density at radius 2 is 1.91 bits per heavy atom. The normalized spacial score (nSPS) is 11.7. The number of anilines is 1. The number of nitrogens with one attached hydrogen (secondary N) is 1. The maximum atomic E-state index is 11.4. The molecular formula is C14H14N2O7. The number of ether oxygens (including phenoxy) is 1. The van der Waals surface area contributed by atoms with E-state index in [2.05, 4.69) is 10.2 Å². The Bertz CT molecular complexity index is 730. The molecule has 9 heteroatoms. The Hall–Kier alpha value is -3.04. The zero-order valence-corrected chi connectivity index (χ0v) is 11.7. The fourth-order valence-electron chi connectivity index (χ4n) is 1.71. The molecule has 0 saturated carbocycles. The Labute approximate surface area is 129 Å². The van der Waals surface area contributed by atoms with Crippen molar-refractivity contribution in [3.63, 3.8) is 0 Å². The predicted molar refractivity (Wildman–Crippen MR) is 77.8 cm³/mol. The average molecular weight is 322 g/mol. The molecule has 1 aromatic heterocycles. The minimum absolute atomic E-state index is 0.0982. The third kappa shape index (κ3) is 4.46. The fourth-order valence-corrected chi connectivity index (χ4v) is 1.71. The van der Waals surface area contributed by atoms with Crippen LogP contribution < -0.4 is 15.7 Å². The van der Waals surface area contributed by atoms with E-state index in [9.17, 15) is 19.8 Å². The fraction of sp³-hybridized carbons (Fsp3) is 0.143. The lowest BCUT2D eigenvalue weighted by molar-refractivity contribution is -0.0873. The number of hydrogen-bond acceptors (Lipinski definition) is 7. The number of carbonyl (C=O) groups is 1. The van der Waals surface area contributed by atoms with Gasteiger partial charge in [0.1, 0.15) is 5.69 Å². The lowest BCUT2D eigenvalue weighted by atomic mass is 10.2. The number of aromatic nitrogens is 1. The molecule has 122 valence electrons. The molecular weight excluding hydrogens is 308 g/mol. The van der Waals surface area contributed by atoms with Crippen LogP contribution in [-0.2, 0) is 11.3 Å². The molecule has 2 rings (SSSR count). The van der Waals surface area contributed by atoms with Gasteiger partial charge in [-0.05, 0) is 11.6 Å². The van der Waals surface area contributed by atoms with Gasteiger partial charge in [0.15, 0.2) is 0 Å². The van der Waals surface area contributed by atoms with Crippen molar-refractivity contribution in [2.45, 2.75) is 13.0 Å². The molecule has 1 heterocycles. The van der Waals surface area contributed by atoms with Crippen LogP contribution >= 0.6 is 0 Å². The highest BCUT2D eigenvalue weighted by Gasteiger charge is 2.15. The van der Waals surface area contributed by atoms with Gasteiger partial charge in [-0.25, -0.2) is 4.79 Å². The van der Waals surface area contributed by atoms with Gasteiger partial charge in [0, 0.05) is 6.07 Å². The maximum absolute atomic E-state index is 11.4. The number of rotatable bonds is 6. The number of benzene rings is 1. The maximum Gasteiger partial charge on any atom is 0.531 e. The SMILES string of the molecule is O=C(O)On1c(O)c(NC(O)OCc2ccccc2)ccc1=O. The molecule has 0 bridgehead atoms. The molecule has 1 atom stereocenters. The summed E-state index contributed by atoms with van der Waals surface area (Å²) in [5, 5.41) is 30.4. The Morgan fingerprint density at radius 3 is 2.57 bits per heavy atom. The Balaban J connectivity index is 2.04. The largest absolute Gasteiger partial charge is 0.531 e. The van der Waals surface area contributed by atoms with Crippen LogP contribution in [0.5, 0.6) is 5.88 Å². The summed E-state index contributed by atoms with van der Waals surface area (Å²) < 4.78 is 5.29. The van der Waals surface area contributed by atoms with E-state index in [4.69, 9.17) is 9.84 Å². The lowest BCUT2D eigenvalue weighted by Gasteiger charge is -2.16. The van der Waals surface area contributed by atoms with E-state index in [-0.39, 0.29) is 17.0 Å². The molecule has 2 aromatic rings. The predicted octanol–water partition coefficient (Wildman–Crippen LogP) is 0.565. The molecule has 1 unspecified atom stereocenters. The van der Waals surface area contributed by atoms with Crippen LogP contribution in [-0.4, -0.2) is 32.6 Å². The number of pyridine rings is 1. The van der Waals surface area contributed by atoms with Crippen LogP contribution in [0.25, 0.3) is 0 Å². The van der Waals surface area contributed by atoms with E-state index in [1.165, 1.54) is 0 Å². The van der Waals surface area contributed by atoms with Crippen LogP contribution in [0.2, 0.25) is 0 Å². The summed E-state index contributed by atoms with van der Waals surface area (Å²) in [5.41, 5.74) is -0.224. The van der Waals surface area contributed by atoms with Crippen LogP contribution in [0.4, 0.5) is 10.5 Å². The molecule has 0 saturated heterocycles. The summed E-state index contributed by atoms with van der Waals surface area (Å²) in [4.78, 5) is 26.0. The average Bonchev–Trinajstić information content (AvgIpc) is 2.53. The summed E-state index contributed by atoms with van der Waals surface area (Å²) in [5.74, 6) is -0.817. The third-order valence-corrected chi connectivity index (χ3v) is 2.73. The highest BCUT2D eigenvalue weighted by atomic mass is 16.8. The number of aromatic hydroxyl groups is 1. The van der Waals surface area contributed by atoms with Crippen molar-refractivity contribution in [1.29, 1.82) is 0 Å². The van der Waals surface area contributed by atoms with Gasteiger partial charge in [0.2, 0.25) is 6.41 Å². The standard InChI is InChI=1S/C14H14N2O7/c17-11-7-6-10(12(18)16(11)23-14(20)21)15-13(19)22-8-9-4-2-1-3-5-9/h1-7,13,15,18-19H,8H2,(H,20,21). The van der Waals surface area contributed by atoms with Gasteiger partial charge in [-0.15, -0.1) is 0 Å². The molecule has 0 radical (unpaired) electrons. The second kappa shape index (κ2) is 7.29. The highest BCUT2D eigenvalue weighted by molar-refractivity contribution is 5.58. The monoisotopic (exact) mass is 322 g/mol. The number of aliphatic hydroxyl groups excluding tert-OH is 1. The van der Waals surface area contributed by atoms with Crippen molar-refractivity contribution >= 4 is 11.8 Å². The number of nitrogens with zero attached hydrogens (tertiary/aromatic N) is 1. The van der Waals surface area contributed by atoms with E-state index in [1.54, 1.807) is 12.1 Å². The summed E-state index contributed by atoms with van der Waals surface area (Å²) in [6.45, 7) is 0.0982. The van der Waals surface area contributed by atoms with Crippen LogP contribution in [0.15, 0.2) is 47.3 Å². The van der Waals surface area contributed by atoms with Crippen molar-refractivity contribution < 1.29 is 29.7 Å². The van der Waals surface area contributed by atoms with Gasteiger partial charge in [0.05, 0.1) is 6.61 Å². The molecule has 0 fully saturated rings. The molecule has 9 nitrogen and oxygen atoms in total. The van der Waals surface area contributed by atoms with E-state index in [0.717, 1.165) is 17.7 Å². The summed E-state index contributed by atoms with van der Waals surface area (Å²) in [6.07, 6.45) is -3.28. The van der Waals surface area contributed by atoms with Gasteiger partial charge in [0.25, 0.3) is 11.4 Å². The van der Waals surface area contributed by atoms with Crippen LogP contribution in [0.3, 0.4) is 0 Å². The van der Waals surface area contributed by atoms with Crippen molar-refractivity contribution in [3.8, 4) is 5.88 Å². The molecule has 0 aliphatic heterocycles. The molecule has 0 amide bonds. The number of aliphatic hydroxyl groups is 1. The van der Waals surface area contributed by atoms with Gasteiger partial charge < -0.3 is 25.4 Å². The Morgan fingerprint density at radius 1 is 1.22 bits per heavy atom. The third-order valence-electron chi connectivity index (χ3n) is 2.73. The zero-order chi connectivity index (χ0) is 16.8. The second-order valence-electron chi connectivity index (χ2n) is 4.35. The van der Waals surface area contributed by atoms with Crippen molar-refractivity contribution in [2.24, 2.45) is 0 Å². The molecule has 0 aliphatic carbocycles. The van der Waals surface area contributed by atoms with Crippen LogP contribution in [0, 0.1) is 0 Å². The van der Waals surface area contributed by atoms with Gasteiger partial charge >= 0.3 is 6.16 Å². The van der Waals surface area contributed by atoms with Crippen molar-refractivity contribution in [2.75, 3.05) is 5.32 Å². The minimum Gasteiger partial charge on any atom is -0.491 e. The van der Waals surface area contributed by atoms with Crippen molar-refractivity contribution in [1.82, 2.24) is 4.73 Å². The smallest absolute Gasteiger partial charge is 0.491 e. The highest BCUT2D eigenvalue weighted by Crippen LogP contribution is 2.20. The zero-order valence-electron chi connectivity index (χ0n) is 11.7. The quantitative estimate of drug-likeness (QED) is 0.568. The lowest BCUT2D eigenvalue weighted by Crippen LogP contribution is -2.31. The summed E-state index contributed by atoms with van der Waals surface area (Å²) in [6, 6.07) is 11.1. The van der Waals surface area contributed by atoms with E-state index < -0.39 is 24.0 Å². The van der Waals surface area contributed by atoms with Crippen LogP contribution in [0.1, 0.15) is 5.56 Å². The topological polar surface area (TPSA) is 130 Å². The van der Waals surface area contributed by atoms with Crippen molar-refractivity contribution in [3.05, 3.63) is 58.4 Å². The number of hydrogen-bond donors (Lipinski definition) is 4. The van der Waals surface area contributed by atoms with Gasteiger partial charge in [-0.2, -0.15) is 0 Å². The summed E-state index contributed by atoms with van der Waals surface area (Å²) >= 11 is 0. The number of carboxylic acid groups (broad SMARTS) is 1. The first-order valence-electron chi connectivity index (χ1n) is 6.44.